The van der Waals surface area contributed by atoms with Gasteiger partial charge >= 0.3 is 0 Å². The number of aliphatic hydroxyl groups is 1. The smallest absolute Gasteiger partial charge is 0.0916 e. The van der Waals surface area contributed by atoms with Crippen LogP contribution in [-0.4, -0.2) is 29.6 Å². The second-order valence-electron chi connectivity index (χ2n) is 6.50. The van der Waals surface area contributed by atoms with Crippen LogP contribution in [0.1, 0.15) is 63.2 Å². The Kier molecular flexibility index (Phi) is 6.72. The Balaban J connectivity index is 1.85. The first-order chi connectivity index (χ1) is 10.2. The molecule has 1 heterocycles. The second kappa shape index (κ2) is 8.55. The van der Waals surface area contributed by atoms with E-state index in [0.717, 1.165) is 37.5 Å². The lowest BCUT2D eigenvalue weighted by atomic mass is 9.96. The molecule has 1 aromatic carbocycles. The lowest BCUT2D eigenvalue weighted by Gasteiger charge is -2.23. The highest BCUT2D eigenvalue weighted by molar-refractivity contribution is 5.24. The highest BCUT2D eigenvalue weighted by Crippen LogP contribution is 2.23. The van der Waals surface area contributed by atoms with Crippen molar-refractivity contribution in [2.75, 3.05) is 19.6 Å². The van der Waals surface area contributed by atoms with Gasteiger partial charge in [-0.05, 0) is 55.8 Å². The molecule has 0 bridgehead atoms. The summed E-state index contributed by atoms with van der Waals surface area (Å²) in [6.07, 6.45) is 7.33. The standard InChI is InChI=1S/C19H31NO/c1-3-6-17-7-5-13-20(14-12-17)15-19(21)18-10-8-16(4-2)9-11-18/h8-11,17,19,21H,3-7,12-15H2,1-2H3. The molecule has 0 spiro atoms. The number of likely N-dealkylation sites (tertiary alicyclic amines) is 1. The quantitative estimate of drug-likeness (QED) is 0.849. The zero-order valence-electron chi connectivity index (χ0n) is 13.7. The third-order valence-electron chi connectivity index (χ3n) is 4.84. The number of hydrogen-bond donors (Lipinski definition) is 1. The lowest BCUT2D eigenvalue weighted by molar-refractivity contribution is 0.114. The van der Waals surface area contributed by atoms with Crippen molar-refractivity contribution < 1.29 is 5.11 Å². The first-order valence-corrected chi connectivity index (χ1v) is 8.72. The van der Waals surface area contributed by atoms with Crippen LogP contribution < -0.4 is 0 Å². The van der Waals surface area contributed by atoms with E-state index in [2.05, 4.69) is 43.0 Å². The highest BCUT2D eigenvalue weighted by Gasteiger charge is 2.19. The van der Waals surface area contributed by atoms with Gasteiger partial charge in [0, 0.05) is 6.54 Å². The SMILES string of the molecule is CCCC1CCCN(CC(O)c2ccc(CC)cc2)CC1. The maximum atomic E-state index is 10.5. The number of aliphatic hydroxyl groups excluding tert-OH is 1. The summed E-state index contributed by atoms with van der Waals surface area (Å²) in [4.78, 5) is 2.45. The molecule has 1 fully saturated rings. The maximum absolute atomic E-state index is 10.5. The number of benzene rings is 1. The topological polar surface area (TPSA) is 23.5 Å². The van der Waals surface area contributed by atoms with Gasteiger partial charge in [0.1, 0.15) is 0 Å². The van der Waals surface area contributed by atoms with Crippen LogP contribution in [0.25, 0.3) is 0 Å². The average Bonchev–Trinajstić information content (AvgIpc) is 2.73. The summed E-state index contributed by atoms with van der Waals surface area (Å²) in [5.74, 6) is 0.904. The van der Waals surface area contributed by atoms with E-state index in [4.69, 9.17) is 0 Å². The molecule has 1 aliphatic rings. The van der Waals surface area contributed by atoms with Crippen molar-refractivity contribution >= 4 is 0 Å². The number of aryl methyl sites for hydroxylation is 1. The molecule has 2 unspecified atom stereocenters. The van der Waals surface area contributed by atoms with Gasteiger partial charge in [-0.15, -0.1) is 0 Å². The Morgan fingerprint density at radius 1 is 1.14 bits per heavy atom. The molecule has 1 N–H and O–H groups in total. The number of rotatable bonds is 6. The Morgan fingerprint density at radius 2 is 1.90 bits per heavy atom. The van der Waals surface area contributed by atoms with Gasteiger partial charge in [-0.25, -0.2) is 0 Å². The molecular formula is C19H31NO. The molecule has 1 aliphatic heterocycles. The van der Waals surface area contributed by atoms with E-state index in [1.54, 1.807) is 0 Å². The molecule has 0 radical (unpaired) electrons. The van der Waals surface area contributed by atoms with Crippen molar-refractivity contribution in [2.45, 2.75) is 58.5 Å². The predicted molar refractivity (Wildman–Crippen MR) is 89.5 cm³/mol. The van der Waals surface area contributed by atoms with E-state index >= 15 is 0 Å². The molecule has 21 heavy (non-hydrogen) atoms. The van der Waals surface area contributed by atoms with Crippen molar-refractivity contribution in [1.29, 1.82) is 0 Å². The molecule has 1 aromatic rings. The second-order valence-corrected chi connectivity index (χ2v) is 6.50. The molecule has 0 aliphatic carbocycles. The third-order valence-corrected chi connectivity index (χ3v) is 4.84. The van der Waals surface area contributed by atoms with E-state index < -0.39 is 0 Å². The molecule has 0 amide bonds. The van der Waals surface area contributed by atoms with Gasteiger partial charge in [-0.1, -0.05) is 51.0 Å². The van der Waals surface area contributed by atoms with Gasteiger partial charge in [0.2, 0.25) is 0 Å². The van der Waals surface area contributed by atoms with Crippen LogP contribution in [-0.2, 0) is 6.42 Å². The molecule has 2 nitrogen and oxygen atoms in total. The number of β-amino-alcohol motifs (C(OH)–C–C–N with tert-alkyl or cyclic N) is 1. The van der Waals surface area contributed by atoms with Crippen LogP contribution in [0.15, 0.2) is 24.3 Å². The Morgan fingerprint density at radius 3 is 2.57 bits per heavy atom. The molecule has 118 valence electrons. The van der Waals surface area contributed by atoms with Gasteiger partial charge in [0.05, 0.1) is 6.10 Å². The summed E-state index contributed by atoms with van der Waals surface area (Å²) < 4.78 is 0. The number of hydrogen-bond acceptors (Lipinski definition) is 2. The maximum Gasteiger partial charge on any atom is 0.0916 e. The van der Waals surface area contributed by atoms with E-state index in [1.807, 2.05) is 0 Å². The summed E-state index contributed by atoms with van der Waals surface area (Å²) >= 11 is 0. The summed E-state index contributed by atoms with van der Waals surface area (Å²) in [5.41, 5.74) is 2.39. The van der Waals surface area contributed by atoms with Crippen LogP contribution in [0.2, 0.25) is 0 Å². The Bertz CT molecular complexity index is 401. The normalized spacial score (nSPS) is 22.0. The molecule has 1 saturated heterocycles. The molecular weight excluding hydrogens is 258 g/mol. The molecule has 2 atom stereocenters. The van der Waals surface area contributed by atoms with E-state index in [-0.39, 0.29) is 6.10 Å². The van der Waals surface area contributed by atoms with Gasteiger partial charge < -0.3 is 10.0 Å². The molecule has 2 heteroatoms. The molecule has 0 aromatic heterocycles. The minimum absolute atomic E-state index is 0.348. The summed E-state index contributed by atoms with van der Waals surface area (Å²) in [6.45, 7) is 7.52. The van der Waals surface area contributed by atoms with Crippen molar-refractivity contribution in [3.63, 3.8) is 0 Å². The summed E-state index contributed by atoms with van der Waals surface area (Å²) in [5, 5.41) is 10.5. The fourth-order valence-electron chi connectivity index (χ4n) is 3.43. The van der Waals surface area contributed by atoms with Gasteiger partial charge in [0.25, 0.3) is 0 Å². The minimum Gasteiger partial charge on any atom is -0.387 e. The van der Waals surface area contributed by atoms with Crippen molar-refractivity contribution in [3.8, 4) is 0 Å². The lowest BCUT2D eigenvalue weighted by Crippen LogP contribution is -2.29. The van der Waals surface area contributed by atoms with Crippen LogP contribution in [0.5, 0.6) is 0 Å². The fourth-order valence-corrected chi connectivity index (χ4v) is 3.43. The van der Waals surface area contributed by atoms with Gasteiger partial charge in [0.15, 0.2) is 0 Å². The van der Waals surface area contributed by atoms with Crippen molar-refractivity contribution in [1.82, 2.24) is 4.90 Å². The van der Waals surface area contributed by atoms with Crippen LogP contribution in [0.3, 0.4) is 0 Å². The summed E-state index contributed by atoms with van der Waals surface area (Å²) in [6, 6.07) is 8.44. The van der Waals surface area contributed by atoms with Crippen molar-refractivity contribution in [3.05, 3.63) is 35.4 Å². The zero-order valence-corrected chi connectivity index (χ0v) is 13.7. The van der Waals surface area contributed by atoms with Crippen LogP contribution in [0, 0.1) is 5.92 Å². The van der Waals surface area contributed by atoms with Crippen LogP contribution in [0.4, 0.5) is 0 Å². The van der Waals surface area contributed by atoms with Crippen molar-refractivity contribution in [2.24, 2.45) is 5.92 Å². The first kappa shape index (κ1) is 16.5. The summed E-state index contributed by atoms with van der Waals surface area (Å²) in [7, 11) is 0. The minimum atomic E-state index is -0.348. The Hall–Kier alpha value is -0.860. The highest BCUT2D eigenvalue weighted by atomic mass is 16.3. The first-order valence-electron chi connectivity index (χ1n) is 8.72. The van der Waals surface area contributed by atoms with E-state index in [1.165, 1.54) is 37.7 Å². The van der Waals surface area contributed by atoms with Gasteiger partial charge in [-0.2, -0.15) is 0 Å². The van der Waals surface area contributed by atoms with E-state index in [9.17, 15) is 5.11 Å². The Labute approximate surface area is 130 Å². The largest absolute Gasteiger partial charge is 0.387 e. The number of nitrogens with zero attached hydrogens (tertiary/aromatic N) is 1. The van der Waals surface area contributed by atoms with Gasteiger partial charge in [-0.3, -0.25) is 0 Å². The molecule has 2 rings (SSSR count). The average molecular weight is 289 g/mol. The van der Waals surface area contributed by atoms with Crippen LogP contribution >= 0.6 is 0 Å². The zero-order chi connectivity index (χ0) is 15.1. The molecule has 0 saturated carbocycles. The third kappa shape index (κ3) is 5.12. The fraction of sp³-hybridized carbons (Fsp3) is 0.684. The van der Waals surface area contributed by atoms with E-state index in [0.29, 0.717) is 0 Å². The monoisotopic (exact) mass is 289 g/mol. The predicted octanol–water partition coefficient (Wildman–Crippen LogP) is 4.18.